The van der Waals surface area contributed by atoms with Gasteiger partial charge in [-0.3, -0.25) is 19.2 Å². The van der Waals surface area contributed by atoms with Crippen molar-refractivity contribution in [2.24, 2.45) is 0 Å². The zero-order valence-corrected chi connectivity index (χ0v) is 33.1. The zero-order chi connectivity index (χ0) is 39.5. The summed E-state index contributed by atoms with van der Waals surface area (Å²) < 4.78 is 0. The Morgan fingerprint density at radius 1 is 0.852 bits per heavy atom. The van der Waals surface area contributed by atoms with Crippen LogP contribution >= 0.6 is 0 Å². The SMILES string of the molecule is CCNCCC[C@@H]1NC(=O)[C@@H](NC)Cc2cc(ccc2O)-c2ccc(C)c(c2)C[C@@H](C(=O)N[C@@H](CCCNC)C(=O)NC[C@H](CCCNC)NC)NC1=O. The summed E-state index contributed by atoms with van der Waals surface area (Å²) in [6, 6.07) is 7.77. The van der Waals surface area contributed by atoms with Gasteiger partial charge < -0.3 is 53.0 Å². The molecule has 4 amide bonds. The summed E-state index contributed by atoms with van der Waals surface area (Å²) in [5.74, 6) is -1.59. The highest BCUT2D eigenvalue weighted by Gasteiger charge is 2.32. The van der Waals surface area contributed by atoms with Crippen LogP contribution in [0.3, 0.4) is 0 Å². The molecule has 14 nitrogen and oxygen atoms in total. The number of rotatable bonds is 20. The van der Waals surface area contributed by atoms with Gasteiger partial charge in [0.15, 0.2) is 0 Å². The normalized spacial score (nSPS) is 18.7. The molecule has 1 aliphatic heterocycles. The number of carbonyl (C=O) groups excluding carboxylic acids is 4. The second kappa shape index (κ2) is 23.6. The van der Waals surface area contributed by atoms with Gasteiger partial charge in [-0.25, -0.2) is 0 Å². The van der Waals surface area contributed by atoms with Crippen molar-refractivity contribution in [3.05, 3.63) is 53.1 Å². The molecular formula is C40H65N9O5. The van der Waals surface area contributed by atoms with Crippen LogP contribution in [-0.4, -0.2) is 120 Å². The van der Waals surface area contributed by atoms with Gasteiger partial charge in [0.05, 0.1) is 6.04 Å². The predicted molar refractivity (Wildman–Crippen MR) is 214 cm³/mol. The van der Waals surface area contributed by atoms with Crippen LogP contribution in [0.5, 0.6) is 5.75 Å². The topological polar surface area (TPSA) is 197 Å². The minimum Gasteiger partial charge on any atom is -0.508 e. The number of hydrogen-bond donors (Lipinski definition) is 10. The smallest absolute Gasteiger partial charge is 0.243 e. The first-order chi connectivity index (χ1) is 26.0. The highest BCUT2D eigenvalue weighted by atomic mass is 16.3. The van der Waals surface area contributed by atoms with Crippen molar-refractivity contribution in [2.75, 3.05) is 60.9 Å². The first-order valence-electron chi connectivity index (χ1n) is 19.5. The second-order valence-electron chi connectivity index (χ2n) is 14.1. The van der Waals surface area contributed by atoms with Crippen molar-refractivity contribution >= 4 is 23.6 Å². The number of phenols is 1. The van der Waals surface area contributed by atoms with Gasteiger partial charge >= 0.3 is 0 Å². The third-order valence-corrected chi connectivity index (χ3v) is 10.1. The molecule has 0 aliphatic carbocycles. The van der Waals surface area contributed by atoms with E-state index in [1.807, 2.05) is 65.3 Å². The average molecular weight is 752 g/mol. The molecule has 4 bridgehead atoms. The first-order valence-corrected chi connectivity index (χ1v) is 19.5. The van der Waals surface area contributed by atoms with Gasteiger partial charge in [-0.2, -0.15) is 0 Å². The lowest BCUT2D eigenvalue weighted by atomic mass is 9.93. The first kappa shape index (κ1) is 44.3. The Hall–Kier alpha value is -4.08. The number of likely N-dealkylation sites (N-methyl/N-ethyl adjacent to an activating group) is 2. The monoisotopic (exact) mass is 752 g/mol. The Labute approximate surface area is 321 Å². The molecule has 0 saturated carbocycles. The van der Waals surface area contributed by atoms with Crippen LogP contribution in [0.4, 0.5) is 0 Å². The van der Waals surface area contributed by atoms with Gasteiger partial charge in [-0.1, -0.05) is 31.2 Å². The molecule has 3 rings (SSSR count). The maximum absolute atomic E-state index is 14.3. The minimum atomic E-state index is -1.05. The highest BCUT2D eigenvalue weighted by molar-refractivity contribution is 5.95. The Morgan fingerprint density at radius 3 is 2.20 bits per heavy atom. The van der Waals surface area contributed by atoms with Crippen molar-refractivity contribution in [3.8, 4) is 16.9 Å². The number of nitrogens with one attached hydrogen (secondary N) is 9. The molecular weight excluding hydrogens is 686 g/mol. The maximum atomic E-state index is 14.3. The summed E-state index contributed by atoms with van der Waals surface area (Å²) >= 11 is 0. The van der Waals surface area contributed by atoms with E-state index in [2.05, 4.69) is 47.9 Å². The molecule has 5 atom stereocenters. The van der Waals surface area contributed by atoms with E-state index in [9.17, 15) is 24.3 Å². The lowest BCUT2D eigenvalue weighted by molar-refractivity contribution is -0.134. The number of aryl methyl sites for hydroxylation is 1. The highest BCUT2D eigenvalue weighted by Crippen LogP contribution is 2.29. The fraction of sp³-hybridized carbons (Fsp3) is 0.600. The number of benzene rings is 2. The number of phenolic OH excluding ortho intramolecular Hbond substituents is 1. The second-order valence-corrected chi connectivity index (χ2v) is 14.1. The van der Waals surface area contributed by atoms with E-state index in [1.165, 1.54) is 0 Å². The van der Waals surface area contributed by atoms with Crippen molar-refractivity contribution in [1.82, 2.24) is 47.9 Å². The molecule has 0 fully saturated rings. The molecule has 10 N–H and O–H groups in total. The Morgan fingerprint density at radius 2 is 1.54 bits per heavy atom. The molecule has 2 aromatic carbocycles. The fourth-order valence-electron chi connectivity index (χ4n) is 6.64. The van der Waals surface area contributed by atoms with Gasteiger partial charge in [-0.05, 0) is 140 Å². The van der Waals surface area contributed by atoms with Crippen LogP contribution in [-0.2, 0) is 32.0 Å². The molecule has 300 valence electrons. The molecule has 0 radical (unpaired) electrons. The van der Waals surface area contributed by atoms with Gasteiger partial charge in [0, 0.05) is 25.4 Å². The van der Waals surface area contributed by atoms with Crippen LogP contribution in [0.25, 0.3) is 11.1 Å². The molecule has 0 unspecified atom stereocenters. The summed E-state index contributed by atoms with van der Waals surface area (Å²) in [7, 11) is 7.28. The predicted octanol–water partition coefficient (Wildman–Crippen LogP) is 0.602. The fourth-order valence-corrected chi connectivity index (χ4v) is 6.64. The maximum Gasteiger partial charge on any atom is 0.243 e. The summed E-state index contributed by atoms with van der Waals surface area (Å²) in [5.41, 5.74) is 4.06. The quantitative estimate of drug-likeness (QED) is 0.0857. The number of carbonyl (C=O) groups is 4. The van der Waals surface area contributed by atoms with E-state index in [0.717, 1.165) is 48.2 Å². The minimum absolute atomic E-state index is 0.0705. The van der Waals surface area contributed by atoms with Crippen molar-refractivity contribution in [1.29, 1.82) is 0 Å². The summed E-state index contributed by atoms with van der Waals surface area (Å²) in [6.07, 6.45) is 4.14. The van der Waals surface area contributed by atoms with Crippen LogP contribution in [0.2, 0.25) is 0 Å². The molecule has 1 aliphatic rings. The molecule has 0 spiro atoms. The number of amides is 4. The molecule has 0 aromatic heterocycles. The van der Waals surface area contributed by atoms with Gasteiger partial charge in [-0.15, -0.1) is 0 Å². The van der Waals surface area contributed by atoms with Crippen molar-refractivity contribution in [3.63, 3.8) is 0 Å². The molecule has 14 heteroatoms. The van der Waals surface area contributed by atoms with Crippen LogP contribution in [0.1, 0.15) is 62.1 Å². The third-order valence-electron chi connectivity index (χ3n) is 10.1. The third kappa shape index (κ3) is 14.0. The van der Waals surface area contributed by atoms with Crippen LogP contribution < -0.4 is 47.9 Å². The average Bonchev–Trinajstić information content (AvgIpc) is 3.16. The Balaban J connectivity index is 2.00. The number of aromatic hydroxyl groups is 1. The molecule has 54 heavy (non-hydrogen) atoms. The van der Waals surface area contributed by atoms with E-state index in [1.54, 1.807) is 13.1 Å². The van der Waals surface area contributed by atoms with E-state index in [0.29, 0.717) is 50.9 Å². The lowest BCUT2D eigenvalue weighted by Gasteiger charge is -2.27. The van der Waals surface area contributed by atoms with Gasteiger partial charge in [0.1, 0.15) is 23.9 Å². The van der Waals surface area contributed by atoms with Crippen molar-refractivity contribution in [2.45, 2.75) is 95.4 Å². The summed E-state index contributed by atoms with van der Waals surface area (Å²) in [5, 5.41) is 38.5. The van der Waals surface area contributed by atoms with Gasteiger partial charge in [0.2, 0.25) is 23.6 Å². The number of hydrogen-bond acceptors (Lipinski definition) is 10. The summed E-state index contributed by atoms with van der Waals surface area (Å²) in [4.78, 5) is 55.8. The van der Waals surface area contributed by atoms with Gasteiger partial charge in [0.25, 0.3) is 0 Å². The largest absolute Gasteiger partial charge is 0.508 e. The Bertz CT molecular complexity index is 1510. The number of fused-ring (bicyclic) bond motifs is 5. The van der Waals surface area contributed by atoms with Crippen LogP contribution in [0.15, 0.2) is 36.4 Å². The Kier molecular flexibility index (Phi) is 19.4. The van der Waals surface area contributed by atoms with E-state index < -0.39 is 41.9 Å². The molecule has 2 aromatic rings. The van der Waals surface area contributed by atoms with E-state index in [4.69, 9.17) is 0 Å². The summed E-state index contributed by atoms with van der Waals surface area (Å²) in [6.45, 7) is 7.31. The van der Waals surface area contributed by atoms with E-state index >= 15 is 0 Å². The standard InChI is InChI=1S/C40H65N9O5/c1-7-45-20-10-13-33-38(52)49-35(40(54)47-32(12-9-19-42-4)37(51)46-25-31(43-5)11-8-18-41-3)23-29-21-27(15-14-26(29)2)28-16-17-36(50)30(22-28)24-34(44-6)39(53)48-33/h14-17,21-22,31-35,41-45,50H,7-13,18-20,23-25H2,1-6H3,(H,46,51)(H,47,54)(H,48,53)(H,49,52)/t31-,32-,33-,34-,35-/m0/s1. The lowest BCUT2D eigenvalue weighted by Crippen LogP contribution is -2.59. The zero-order valence-electron chi connectivity index (χ0n) is 33.1. The van der Waals surface area contributed by atoms with Crippen LogP contribution in [0, 0.1) is 6.92 Å². The van der Waals surface area contributed by atoms with Crippen molar-refractivity contribution < 1.29 is 24.3 Å². The van der Waals surface area contributed by atoms with E-state index in [-0.39, 0.29) is 30.5 Å². The molecule has 0 saturated heterocycles. The molecule has 1 heterocycles.